The summed E-state index contributed by atoms with van der Waals surface area (Å²) in [6.45, 7) is 1.86. The van der Waals surface area contributed by atoms with Crippen molar-refractivity contribution in [3.05, 3.63) is 85.4 Å². The molecule has 0 saturated carbocycles. The van der Waals surface area contributed by atoms with Crippen molar-refractivity contribution in [3.8, 4) is 0 Å². The molecular weight excluding hydrogens is 386 g/mol. The third-order valence-corrected chi connectivity index (χ3v) is 4.91. The van der Waals surface area contributed by atoms with Gasteiger partial charge < -0.3 is 9.88 Å². The van der Waals surface area contributed by atoms with Crippen LogP contribution in [0.15, 0.2) is 62.9 Å². The molecule has 0 atom stereocenters. The fraction of sp³-hybridized carbons (Fsp3) is 0.190. The van der Waals surface area contributed by atoms with E-state index in [4.69, 9.17) is 0 Å². The van der Waals surface area contributed by atoms with Gasteiger partial charge in [0.15, 0.2) is 0 Å². The smallest absolute Gasteiger partial charge is 0.273 e. The summed E-state index contributed by atoms with van der Waals surface area (Å²) in [5.74, 6) is -0.0467. The normalized spacial score (nSPS) is 11.1. The number of likely N-dealkylation sites (N-methyl/N-ethyl adjacent to an activating group) is 1. The van der Waals surface area contributed by atoms with Gasteiger partial charge in [-0.25, -0.2) is 9.67 Å². The number of hydrogen-bond donors (Lipinski definition) is 2. The Bertz CT molecular complexity index is 1430. The van der Waals surface area contributed by atoms with E-state index < -0.39 is 11.1 Å². The minimum atomic E-state index is -0.452. The quantitative estimate of drug-likeness (QED) is 0.513. The van der Waals surface area contributed by atoms with Crippen LogP contribution in [0.5, 0.6) is 0 Å². The van der Waals surface area contributed by atoms with E-state index in [1.54, 1.807) is 55.5 Å². The maximum Gasteiger partial charge on any atom is 0.273 e. The van der Waals surface area contributed by atoms with E-state index in [2.05, 4.69) is 15.1 Å². The van der Waals surface area contributed by atoms with Gasteiger partial charge in [0, 0.05) is 6.54 Å². The molecule has 0 aliphatic carbocycles. The van der Waals surface area contributed by atoms with Crippen LogP contribution in [0, 0.1) is 0 Å². The second-order valence-electron chi connectivity index (χ2n) is 6.82. The monoisotopic (exact) mass is 405 g/mol. The zero-order valence-electron chi connectivity index (χ0n) is 16.2. The van der Waals surface area contributed by atoms with Crippen molar-refractivity contribution in [1.29, 1.82) is 0 Å². The lowest BCUT2D eigenvalue weighted by molar-refractivity contribution is -0.132. The summed E-state index contributed by atoms with van der Waals surface area (Å²) in [6, 6.07) is 13.4. The van der Waals surface area contributed by atoms with Crippen LogP contribution in [0.4, 0.5) is 0 Å². The number of nitrogens with zero attached hydrogens (tertiary/aromatic N) is 3. The molecule has 0 radical (unpaired) electrons. The van der Waals surface area contributed by atoms with Gasteiger partial charge in [0.05, 0.1) is 28.2 Å². The molecule has 152 valence electrons. The lowest BCUT2D eigenvalue weighted by atomic mass is 10.2. The van der Waals surface area contributed by atoms with Gasteiger partial charge in [-0.2, -0.15) is 0 Å². The highest BCUT2D eigenvalue weighted by Crippen LogP contribution is 2.08. The molecule has 0 spiro atoms. The maximum absolute atomic E-state index is 12.8. The van der Waals surface area contributed by atoms with Crippen molar-refractivity contribution in [1.82, 2.24) is 24.6 Å². The highest BCUT2D eigenvalue weighted by atomic mass is 16.2. The zero-order chi connectivity index (χ0) is 21.3. The summed E-state index contributed by atoms with van der Waals surface area (Å²) >= 11 is 0. The van der Waals surface area contributed by atoms with E-state index in [1.165, 1.54) is 4.90 Å². The Morgan fingerprint density at radius 1 is 0.967 bits per heavy atom. The minimum absolute atomic E-state index is 0.0714. The second kappa shape index (κ2) is 7.78. The third-order valence-electron chi connectivity index (χ3n) is 4.91. The first kappa shape index (κ1) is 19.3. The average Bonchev–Trinajstić information content (AvgIpc) is 2.75. The van der Waals surface area contributed by atoms with Gasteiger partial charge in [0.1, 0.15) is 12.4 Å². The van der Waals surface area contributed by atoms with E-state index in [0.29, 0.717) is 23.3 Å². The molecule has 0 saturated heterocycles. The van der Waals surface area contributed by atoms with E-state index in [1.807, 2.05) is 0 Å². The van der Waals surface area contributed by atoms with Crippen LogP contribution in [0.3, 0.4) is 0 Å². The molecule has 4 rings (SSSR count). The molecule has 2 aromatic carbocycles. The molecule has 0 aliphatic rings. The van der Waals surface area contributed by atoms with E-state index in [0.717, 1.165) is 4.68 Å². The van der Waals surface area contributed by atoms with Crippen LogP contribution in [-0.2, 0) is 17.9 Å². The van der Waals surface area contributed by atoms with Crippen molar-refractivity contribution in [2.24, 2.45) is 0 Å². The van der Waals surface area contributed by atoms with Crippen molar-refractivity contribution in [3.63, 3.8) is 0 Å². The fourth-order valence-electron chi connectivity index (χ4n) is 3.36. The summed E-state index contributed by atoms with van der Waals surface area (Å²) in [6.07, 6.45) is 0. The standard InChI is InChI=1S/C21H19N5O4/c1-2-25(11-17-22-16-10-6-5-9-15(16)19(28)23-17)18(27)12-26-21(30)14-8-4-3-7-13(14)20(29)24-26/h3-10H,2,11-12H2,1H3,(H,24,29)(H,22,23,28). The van der Waals surface area contributed by atoms with E-state index >= 15 is 0 Å². The van der Waals surface area contributed by atoms with Gasteiger partial charge in [-0.15, -0.1) is 0 Å². The highest BCUT2D eigenvalue weighted by Gasteiger charge is 2.17. The van der Waals surface area contributed by atoms with Crippen LogP contribution >= 0.6 is 0 Å². The van der Waals surface area contributed by atoms with Gasteiger partial charge >= 0.3 is 0 Å². The largest absolute Gasteiger partial charge is 0.334 e. The number of carbonyl (C=O) groups excluding carboxylic acids is 1. The minimum Gasteiger partial charge on any atom is -0.334 e. The molecule has 0 aliphatic heterocycles. The second-order valence-corrected chi connectivity index (χ2v) is 6.82. The Hall–Kier alpha value is -4.01. The van der Waals surface area contributed by atoms with Crippen molar-refractivity contribution < 1.29 is 4.79 Å². The number of aromatic amines is 2. The Morgan fingerprint density at radius 3 is 2.37 bits per heavy atom. The van der Waals surface area contributed by atoms with E-state index in [-0.39, 0.29) is 35.3 Å². The van der Waals surface area contributed by atoms with Crippen LogP contribution < -0.4 is 16.7 Å². The molecule has 2 aromatic heterocycles. The number of rotatable bonds is 5. The molecule has 30 heavy (non-hydrogen) atoms. The summed E-state index contributed by atoms with van der Waals surface area (Å²) in [5.41, 5.74) is -0.641. The number of para-hydroxylation sites is 1. The fourth-order valence-corrected chi connectivity index (χ4v) is 3.36. The van der Waals surface area contributed by atoms with Gasteiger partial charge in [-0.3, -0.25) is 24.3 Å². The van der Waals surface area contributed by atoms with Gasteiger partial charge in [0.25, 0.3) is 16.7 Å². The first-order chi connectivity index (χ1) is 14.5. The predicted molar refractivity (Wildman–Crippen MR) is 112 cm³/mol. The number of amides is 1. The van der Waals surface area contributed by atoms with Crippen LogP contribution in [-0.4, -0.2) is 37.1 Å². The topological polar surface area (TPSA) is 121 Å². The SMILES string of the molecule is CCN(Cc1nc2ccccc2c(=O)[nH]1)C(=O)Cn1[nH]c(=O)c2ccccc2c1=O. The van der Waals surface area contributed by atoms with Gasteiger partial charge in [-0.1, -0.05) is 24.3 Å². The summed E-state index contributed by atoms with van der Waals surface area (Å²) < 4.78 is 1.01. The van der Waals surface area contributed by atoms with E-state index in [9.17, 15) is 19.2 Å². The van der Waals surface area contributed by atoms with Crippen LogP contribution in [0.25, 0.3) is 21.7 Å². The predicted octanol–water partition coefficient (Wildman–Crippen LogP) is 0.975. The number of carbonyl (C=O) groups is 1. The van der Waals surface area contributed by atoms with Crippen LogP contribution in [0.2, 0.25) is 0 Å². The Labute approximate surface area is 169 Å². The Morgan fingerprint density at radius 2 is 1.63 bits per heavy atom. The molecule has 9 nitrogen and oxygen atoms in total. The molecule has 9 heteroatoms. The first-order valence-electron chi connectivity index (χ1n) is 9.45. The van der Waals surface area contributed by atoms with Gasteiger partial charge in [-0.05, 0) is 31.2 Å². The van der Waals surface area contributed by atoms with Gasteiger partial charge in [0.2, 0.25) is 5.91 Å². The molecular formula is C21H19N5O4. The maximum atomic E-state index is 12.8. The number of aromatic nitrogens is 4. The molecule has 0 fully saturated rings. The number of fused-ring (bicyclic) bond motifs is 2. The first-order valence-corrected chi connectivity index (χ1v) is 9.45. The van der Waals surface area contributed by atoms with Crippen molar-refractivity contribution in [2.75, 3.05) is 6.54 Å². The zero-order valence-corrected chi connectivity index (χ0v) is 16.2. The average molecular weight is 405 g/mol. The number of nitrogens with one attached hydrogen (secondary N) is 2. The highest BCUT2D eigenvalue weighted by molar-refractivity contribution is 5.81. The summed E-state index contributed by atoms with van der Waals surface area (Å²) in [5, 5.41) is 3.44. The lowest BCUT2D eigenvalue weighted by Gasteiger charge is -2.21. The third kappa shape index (κ3) is 3.52. The molecule has 2 N–H and O–H groups in total. The number of hydrogen-bond acceptors (Lipinski definition) is 5. The lowest BCUT2D eigenvalue weighted by Crippen LogP contribution is -2.39. The molecule has 4 aromatic rings. The Kier molecular flexibility index (Phi) is 5.01. The number of benzene rings is 2. The molecule has 0 unspecified atom stereocenters. The van der Waals surface area contributed by atoms with Crippen molar-refractivity contribution >= 4 is 27.6 Å². The summed E-state index contributed by atoms with van der Waals surface area (Å²) in [7, 11) is 0. The number of H-pyrrole nitrogens is 2. The van der Waals surface area contributed by atoms with Crippen molar-refractivity contribution in [2.45, 2.75) is 20.0 Å². The molecule has 2 heterocycles. The summed E-state index contributed by atoms with van der Waals surface area (Å²) in [4.78, 5) is 58.5. The Balaban J connectivity index is 1.62. The molecule has 1 amide bonds. The molecule has 0 bridgehead atoms. The van der Waals surface area contributed by atoms with Crippen LogP contribution in [0.1, 0.15) is 12.7 Å².